The van der Waals surface area contributed by atoms with Crippen LogP contribution in [0.5, 0.6) is 0 Å². The number of hydrogen-bond acceptors (Lipinski definition) is 7. The summed E-state index contributed by atoms with van der Waals surface area (Å²) >= 11 is 0. The lowest BCUT2D eigenvalue weighted by molar-refractivity contribution is -0.115. The average Bonchev–Trinajstić information content (AvgIpc) is 3.23. The zero-order valence-electron chi connectivity index (χ0n) is 16.0. The summed E-state index contributed by atoms with van der Waals surface area (Å²) in [5, 5.41) is 32.7. The molecule has 0 bridgehead atoms. The van der Waals surface area contributed by atoms with Gasteiger partial charge in [0.05, 0.1) is 10.9 Å². The van der Waals surface area contributed by atoms with Crippen molar-refractivity contribution < 1.29 is 37.6 Å². The first-order chi connectivity index (χ1) is 14.5. The maximum absolute atomic E-state index is 13.8. The minimum Gasteiger partial charge on any atom is -0.386 e. The van der Waals surface area contributed by atoms with Crippen molar-refractivity contribution in [2.24, 2.45) is 0 Å². The Kier molecular flexibility index (Phi) is 5.12. The van der Waals surface area contributed by atoms with Gasteiger partial charge in [0, 0.05) is 6.20 Å². The molecule has 3 heterocycles. The summed E-state index contributed by atoms with van der Waals surface area (Å²) in [7, 11) is 0. The lowest BCUT2D eigenvalue weighted by atomic mass is 9.88. The molecule has 3 aromatic rings. The van der Waals surface area contributed by atoms with E-state index in [-0.39, 0.29) is 11.5 Å². The smallest absolute Gasteiger partial charge is 0.266 e. The Balaban J connectivity index is 1.72. The molecule has 1 saturated heterocycles. The number of nitrogen functional groups attached to an aromatic ring is 1. The van der Waals surface area contributed by atoms with Gasteiger partial charge in [-0.2, -0.15) is 0 Å². The summed E-state index contributed by atoms with van der Waals surface area (Å²) in [5.41, 5.74) is 2.27. The molecule has 8 nitrogen and oxygen atoms in total. The number of anilines is 1. The number of hydrogen-bond donors (Lipinski definition) is 4. The fraction of sp³-hybridized carbons (Fsp3) is 0.368. The van der Waals surface area contributed by atoms with Gasteiger partial charge < -0.3 is 30.4 Å². The van der Waals surface area contributed by atoms with Crippen LogP contribution < -0.4 is 5.73 Å². The first-order valence-corrected chi connectivity index (χ1v) is 9.12. The van der Waals surface area contributed by atoms with Gasteiger partial charge in [0.15, 0.2) is 17.9 Å². The number of benzene rings is 1. The summed E-state index contributed by atoms with van der Waals surface area (Å²) in [4.78, 5) is 7.92. The van der Waals surface area contributed by atoms with E-state index in [1.165, 1.54) is 17.1 Å². The molecule has 12 heteroatoms. The molecule has 5 atom stereocenters. The molecule has 5 N–H and O–H groups in total. The molecule has 1 unspecified atom stereocenters. The summed E-state index contributed by atoms with van der Waals surface area (Å²) in [6, 6.07) is 2.68. The fourth-order valence-corrected chi connectivity index (χ4v) is 3.76. The zero-order chi connectivity index (χ0) is 22.7. The van der Waals surface area contributed by atoms with Gasteiger partial charge in [-0.3, -0.25) is 0 Å². The largest absolute Gasteiger partial charge is 0.386 e. The van der Waals surface area contributed by atoms with Gasteiger partial charge in [-0.15, -0.1) is 0 Å². The Morgan fingerprint density at radius 2 is 1.97 bits per heavy atom. The number of aliphatic hydroxyl groups excluding tert-OH is 2. The van der Waals surface area contributed by atoms with Crippen molar-refractivity contribution in [3.8, 4) is 0 Å². The second-order valence-corrected chi connectivity index (χ2v) is 7.49. The maximum atomic E-state index is 13.8. The summed E-state index contributed by atoms with van der Waals surface area (Å²) in [6.07, 6.45) is -7.00. The second-order valence-electron chi connectivity index (χ2n) is 7.49. The minimum atomic E-state index is -3.33. The number of rotatable bonds is 4. The van der Waals surface area contributed by atoms with Crippen molar-refractivity contribution in [1.29, 1.82) is 0 Å². The Morgan fingerprint density at radius 3 is 2.65 bits per heavy atom. The predicted octanol–water partition coefficient (Wildman–Crippen LogP) is 1.97. The van der Waals surface area contributed by atoms with Crippen molar-refractivity contribution in [2.45, 2.75) is 43.5 Å². The normalized spacial score (nSPS) is 27.3. The van der Waals surface area contributed by atoms with Crippen LogP contribution in [-0.4, -0.2) is 47.7 Å². The Bertz CT molecular complexity index is 1140. The quantitative estimate of drug-likeness (QED) is 0.455. The van der Waals surface area contributed by atoms with Crippen LogP contribution in [0.15, 0.2) is 30.7 Å². The van der Waals surface area contributed by atoms with E-state index in [4.69, 9.17) is 10.5 Å². The molecule has 4 rings (SSSR count). The van der Waals surface area contributed by atoms with E-state index in [0.29, 0.717) is 17.5 Å². The number of nitrogens with two attached hydrogens (primary N) is 1. The highest BCUT2D eigenvalue weighted by Gasteiger charge is 2.56. The number of alkyl halides is 2. The number of aliphatic hydroxyl groups is 3. The maximum Gasteiger partial charge on any atom is 0.266 e. The zero-order valence-corrected chi connectivity index (χ0v) is 16.0. The van der Waals surface area contributed by atoms with E-state index in [2.05, 4.69) is 9.97 Å². The second kappa shape index (κ2) is 7.41. The van der Waals surface area contributed by atoms with Crippen LogP contribution in [0.3, 0.4) is 0 Å². The van der Waals surface area contributed by atoms with Crippen LogP contribution in [0.25, 0.3) is 11.0 Å². The number of halogens is 4. The number of ether oxygens (including phenoxy) is 1. The van der Waals surface area contributed by atoms with Gasteiger partial charge in [-0.05, 0) is 30.7 Å². The molecule has 31 heavy (non-hydrogen) atoms. The van der Waals surface area contributed by atoms with E-state index in [1.54, 1.807) is 6.07 Å². The molecule has 0 aliphatic carbocycles. The SMILES string of the molecule is C[C@@]1(O)[C@@H](C(O)c2cc(F)c(F)c(C(F)F)c2)O[C@@H](n2ccc3c(N)ncnc32)[C@@H]1O. The van der Waals surface area contributed by atoms with Crippen LogP contribution in [0.2, 0.25) is 0 Å². The van der Waals surface area contributed by atoms with Crippen molar-refractivity contribution in [3.63, 3.8) is 0 Å². The summed E-state index contributed by atoms with van der Waals surface area (Å²) < 4.78 is 60.6. The van der Waals surface area contributed by atoms with Gasteiger partial charge >= 0.3 is 0 Å². The van der Waals surface area contributed by atoms with E-state index >= 15 is 0 Å². The Morgan fingerprint density at radius 1 is 1.26 bits per heavy atom. The van der Waals surface area contributed by atoms with Crippen molar-refractivity contribution in [3.05, 3.63) is 53.5 Å². The van der Waals surface area contributed by atoms with Crippen LogP contribution in [-0.2, 0) is 4.74 Å². The van der Waals surface area contributed by atoms with Crippen LogP contribution in [0.4, 0.5) is 23.4 Å². The van der Waals surface area contributed by atoms with Gasteiger partial charge in [0.1, 0.15) is 41.7 Å². The van der Waals surface area contributed by atoms with Crippen molar-refractivity contribution >= 4 is 16.9 Å². The standard InChI is InChI=1S/C19H18F4N4O4/c1-19(30)13(29)18(27-3-2-8-16(24)25-6-26-17(8)27)31-14(19)12(28)7-4-9(15(22)23)11(21)10(20)5-7/h2-6,12-15,18,28-30H,1H3,(H2,24,25,26)/t12?,13-,14+,18+,19-/m0/s1. The van der Waals surface area contributed by atoms with Gasteiger partial charge in [0.2, 0.25) is 0 Å². The van der Waals surface area contributed by atoms with Gasteiger partial charge in [-0.25, -0.2) is 27.5 Å². The van der Waals surface area contributed by atoms with Crippen molar-refractivity contribution in [2.75, 3.05) is 5.73 Å². The summed E-state index contributed by atoms with van der Waals surface area (Å²) in [6.45, 7) is 1.16. The predicted molar refractivity (Wildman–Crippen MR) is 98.8 cm³/mol. The van der Waals surface area contributed by atoms with Gasteiger partial charge in [-0.1, -0.05) is 0 Å². The molecule has 1 aliphatic heterocycles. The molecule has 2 aromatic heterocycles. The molecule has 0 saturated carbocycles. The number of aromatic nitrogens is 3. The van der Waals surface area contributed by atoms with Crippen molar-refractivity contribution in [1.82, 2.24) is 14.5 Å². The lowest BCUT2D eigenvalue weighted by Crippen LogP contribution is -2.47. The molecule has 0 amide bonds. The van der Waals surface area contributed by atoms with Crippen LogP contribution >= 0.6 is 0 Å². The number of fused-ring (bicyclic) bond motifs is 1. The fourth-order valence-electron chi connectivity index (χ4n) is 3.76. The highest BCUT2D eigenvalue weighted by molar-refractivity contribution is 5.86. The topological polar surface area (TPSA) is 127 Å². The lowest BCUT2D eigenvalue weighted by Gasteiger charge is -2.30. The average molecular weight is 442 g/mol. The third kappa shape index (κ3) is 3.31. The minimum absolute atomic E-state index is 0.167. The Labute approximate surface area is 172 Å². The first kappa shape index (κ1) is 21.4. The highest BCUT2D eigenvalue weighted by Crippen LogP contribution is 2.44. The monoisotopic (exact) mass is 442 g/mol. The third-order valence-corrected chi connectivity index (χ3v) is 5.49. The van der Waals surface area contributed by atoms with Crippen LogP contribution in [0.1, 0.15) is 36.8 Å². The highest BCUT2D eigenvalue weighted by atomic mass is 19.3. The van der Waals surface area contributed by atoms with E-state index in [1.807, 2.05) is 0 Å². The first-order valence-electron chi connectivity index (χ1n) is 9.12. The Hall–Kier alpha value is -2.80. The van der Waals surface area contributed by atoms with Crippen LogP contribution in [0, 0.1) is 11.6 Å². The third-order valence-electron chi connectivity index (χ3n) is 5.49. The molecule has 0 radical (unpaired) electrons. The molecule has 1 fully saturated rings. The molecule has 1 aromatic carbocycles. The number of nitrogens with zero attached hydrogens (tertiary/aromatic N) is 3. The molecule has 166 valence electrons. The molecular weight excluding hydrogens is 424 g/mol. The van der Waals surface area contributed by atoms with E-state index in [0.717, 1.165) is 6.92 Å². The molecular formula is C19H18F4N4O4. The van der Waals surface area contributed by atoms with Gasteiger partial charge in [0.25, 0.3) is 6.43 Å². The van der Waals surface area contributed by atoms with E-state index < -0.39 is 59.3 Å². The summed E-state index contributed by atoms with van der Waals surface area (Å²) in [5.74, 6) is -3.16. The van der Waals surface area contributed by atoms with E-state index in [9.17, 15) is 32.9 Å². The molecule has 0 spiro atoms. The molecule has 1 aliphatic rings.